The minimum atomic E-state index is -0.451. The minimum absolute atomic E-state index is 0.451. The monoisotopic (exact) mass is 811 g/mol. The summed E-state index contributed by atoms with van der Waals surface area (Å²) in [6.07, 6.45) is 0. The molecule has 298 valence electrons. The molecule has 0 unspecified atom stereocenters. The van der Waals surface area contributed by atoms with Gasteiger partial charge in [-0.15, -0.1) is 0 Å². The van der Waals surface area contributed by atoms with E-state index >= 15 is 0 Å². The van der Waals surface area contributed by atoms with Crippen LogP contribution in [-0.2, 0) is 5.41 Å². The van der Waals surface area contributed by atoms with E-state index in [-0.39, 0.29) is 0 Å². The Morgan fingerprint density at radius 2 is 0.719 bits per heavy atom. The third-order valence-corrected chi connectivity index (χ3v) is 13.9. The van der Waals surface area contributed by atoms with Crippen molar-refractivity contribution < 1.29 is 0 Å². The minimum Gasteiger partial charge on any atom is -0.310 e. The highest BCUT2D eigenvalue weighted by molar-refractivity contribution is 6.14. The van der Waals surface area contributed by atoms with Crippen molar-refractivity contribution in [3.05, 3.63) is 271 Å². The van der Waals surface area contributed by atoms with E-state index in [1.807, 2.05) is 0 Å². The molecule has 0 fully saturated rings. The third-order valence-electron chi connectivity index (χ3n) is 13.9. The maximum atomic E-state index is 2.50. The number of nitrogens with zero attached hydrogens (tertiary/aromatic N) is 1. The van der Waals surface area contributed by atoms with Gasteiger partial charge in [-0.25, -0.2) is 0 Å². The lowest BCUT2D eigenvalue weighted by Gasteiger charge is -2.32. The Balaban J connectivity index is 1.05. The molecule has 0 N–H and O–H groups in total. The van der Waals surface area contributed by atoms with Crippen molar-refractivity contribution in [2.24, 2.45) is 0 Å². The molecule has 0 amide bonds. The zero-order chi connectivity index (χ0) is 42.2. The second kappa shape index (κ2) is 14.4. The summed E-state index contributed by atoms with van der Waals surface area (Å²) in [6, 6.07) is 92.1. The molecule has 2 aliphatic carbocycles. The number of hydrogen-bond donors (Lipinski definition) is 0. The van der Waals surface area contributed by atoms with Crippen molar-refractivity contribution >= 4 is 38.6 Å². The molecule has 1 heteroatoms. The van der Waals surface area contributed by atoms with Crippen LogP contribution in [0.15, 0.2) is 249 Å². The predicted molar refractivity (Wildman–Crippen MR) is 269 cm³/mol. The zero-order valence-corrected chi connectivity index (χ0v) is 35.1. The molecule has 11 aromatic carbocycles. The predicted octanol–water partition coefficient (Wildman–Crippen LogP) is 16.8. The van der Waals surface area contributed by atoms with Gasteiger partial charge in [0.05, 0.1) is 11.1 Å². The van der Waals surface area contributed by atoms with E-state index < -0.39 is 5.41 Å². The first-order chi connectivity index (χ1) is 31.8. The van der Waals surface area contributed by atoms with E-state index in [0.717, 1.165) is 17.1 Å². The normalized spacial score (nSPS) is 12.8. The topological polar surface area (TPSA) is 3.24 Å². The van der Waals surface area contributed by atoms with Crippen molar-refractivity contribution in [2.45, 2.75) is 5.41 Å². The quantitative estimate of drug-likeness (QED) is 0.151. The van der Waals surface area contributed by atoms with Crippen LogP contribution in [-0.4, -0.2) is 0 Å². The first kappa shape index (κ1) is 36.4. The maximum Gasteiger partial charge on any atom is 0.0726 e. The third kappa shape index (κ3) is 5.38. The summed E-state index contributed by atoms with van der Waals surface area (Å²) in [5.41, 5.74) is 20.7. The number of fused-ring (bicyclic) bond motifs is 13. The van der Waals surface area contributed by atoms with Crippen molar-refractivity contribution in [3.63, 3.8) is 0 Å². The second-order valence-corrected chi connectivity index (χ2v) is 17.2. The molecule has 0 bridgehead atoms. The molecule has 0 saturated heterocycles. The van der Waals surface area contributed by atoms with Crippen LogP contribution in [0.5, 0.6) is 0 Å². The van der Waals surface area contributed by atoms with Crippen LogP contribution in [0.1, 0.15) is 22.3 Å². The van der Waals surface area contributed by atoms with Gasteiger partial charge in [-0.05, 0) is 130 Å². The van der Waals surface area contributed by atoms with Gasteiger partial charge < -0.3 is 4.90 Å². The Bertz CT molecular complexity index is 3540. The summed E-state index contributed by atoms with van der Waals surface area (Å²) in [5, 5.41) is 4.92. The van der Waals surface area contributed by atoms with Gasteiger partial charge in [-0.3, -0.25) is 0 Å². The zero-order valence-electron chi connectivity index (χ0n) is 35.1. The highest BCUT2D eigenvalue weighted by Gasteiger charge is 2.51. The van der Waals surface area contributed by atoms with Gasteiger partial charge in [0.1, 0.15) is 0 Å². The Morgan fingerprint density at radius 1 is 0.250 bits per heavy atom. The van der Waals surface area contributed by atoms with Gasteiger partial charge in [0.25, 0.3) is 0 Å². The fourth-order valence-corrected chi connectivity index (χ4v) is 11.1. The Labute approximate surface area is 373 Å². The van der Waals surface area contributed by atoms with Crippen molar-refractivity contribution in [3.8, 4) is 55.6 Å². The first-order valence-electron chi connectivity index (χ1n) is 22.3. The van der Waals surface area contributed by atoms with E-state index in [1.54, 1.807) is 0 Å². The molecule has 1 nitrogen and oxygen atoms in total. The SMILES string of the molecule is c1ccc(-c2ccc(-c3ccccc3)c(-c3ccc(N(c4ccc5c(c4)C4(c6ccccc6-c6ccccc64)c4ccccc4-5)c4cc5ccccc5c5ccccc45)cc3)c2)cc1. The van der Waals surface area contributed by atoms with Crippen molar-refractivity contribution in [2.75, 3.05) is 4.90 Å². The fourth-order valence-electron chi connectivity index (χ4n) is 11.1. The molecular formula is C63H41N. The lowest BCUT2D eigenvalue weighted by molar-refractivity contribution is 0.793. The summed E-state index contributed by atoms with van der Waals surface area (Å²) in [5.74, 6) is 0. The molecule has 2 aliphatic rings. The molecule has 0 atom stereocenters. The van der Waals surface area contributed by atoms with E-state index in [4.69, 9.17) is 0 Å². The van der Waals surface area contributed by atoms with Crippen LogP contribution in [0, 0.1) is 0 Å². The van der Waals surface area contributed by atoms with E-state index in [1.165, 1.54) is 99.4 Å². The summed E-state index contributed by atoms with van der Waals surface area (Å²) < 4.78 is 0. The number of hydrogen-bond acceptors (Lipinski definition) is 1. The van der Waals surface area contributed by atoms with Gasteiger partial charge in [0.15, 0.2) is 0 Å². The summed E-state index contributed by atoms with van der Waals surface area (Å²) in [4.78, 5) is 2.50. The standard InChI is InChI=1S/C63H41N/c1-3-17-42(18-4-1)45-33-37-50(43-19-5-2-6-20-43)57(39-45)44-31-34-47(35-32-44)64(62-40-46-21-7-8-22-49(46)51-23-9-10-27-56(51)62)48-36-38-55-54-26-13-16-30-60(54)63(61(55)41-48)58-28-14-11-24-52(58)53-25-12-15-29-59(53)63/h1-41H. The molecule has 0 aliphatic heterocycles. The van der Waals surface area contributed by atoms with Crippen LogP contribution >= 0.6 is 0 Å². The van der Waals surface area contributed by atoms with Crippen LogP contribution in [0.4, 0.5) is 17.1 Å². The highest BCUT2D eigenvalue weighted by Crippen LogP contribution is 2.63. The lowest BCUT2D eigenvalue weighted by atomic mass is 9.70. The van der Waals surface area contributed by atoms with Crippen LogP contribution < -0.4 is 4.90 Å². The van der Waals surface area contributed by atoms with E-state index in [2.05, 4.69) is 254 Å². The highest BCUT2D eigenvalue weighted by atomic mass is 15.1. The first-order valence-corrected chi connectivity index (χ1v) is 22.3. The fraction of sp³-hybridized carbons (Fsp3) is 0.0159. The van der Waals surface area contributed by atoms with Crippen molar-refractivity contribution in [1.82, 2.24) is 0 Å². The smallest absolute Gasteiger partial charge is 0.0726 e. The molecule has 0 aromatic heterocycles. The molecule has 64 heavy (non-hydrogen) atoms. The van der Waals surface area contributed by atoms with Crippen molar-refractivity contribution in [1.29, 1.82) is 0 Å². The number of benzene rings is 11. The largest absolute Gasteiger partial charge is 0.310 e. The van der Waals surface area contributed by atoms with Crippen LogP contribution in [0.25, 0.3) is 77.2 Å². The van der Waals surface area contributed by atoms with Crippen LogP contribution in [0.2, 0.25) is 0 Å². The van der Waals surface area contributed by atoms with E-state index in [0.29, 0.717) is 0 Å². The Hall–Kier alpha value is -8.26. The van der Waals surface area contributed by atoms with Gasteiger partial charge in [0, 0.05) is 16.8 Å². The lowest BCUT2D eigenvalue weighted by Crippen LogP contribution is -2.26. The molecular weight excluding hydrogens is 771 g/mol. The number of rotatable bonds is 6. The maximum absolute atomic E-state index is 2.50. The van der Waals surface area contributed by atoms with Gasteiger partial charge in [0.2, 0.25) is 0 Å². The van der Waals surface area contributed by atoms with Gasteiger partial charge in [-0.1, -0.05) is 212 Å². The molecule has 11 aromatic rings. The van der Waals surface area contributed by atoms with Gasteiger partial charge >= 0.3 is 0 Å². The summed E-state index contributed by atoms with van der Waals surface area (Å²) in [7, 11) is 0. The summed E-state index contributed by atoms with van der Waals surface area (Å²) >= 11 is 0. The molecule has 1 spiro atoms. The molecule has 0 saturated carbocycles. The Kier molecular flexibility index (Phi) is 8.20. The second-order valence-electron chi connectivity index (χ2n) is 17.2. The average Bonchev–Trinajstić information content (AvgIpc) is 3.84. The van der Waals surface area contributed by atoms with Crippen LogP contribution in [0.3, 0.4) is 0 Å². The molecule has 0 radical (unpaired) electrons. The number of anilines is 3. The molecule has 13 rings (SSSR count). The summed E-state index contributed by atoms with van der Waals surface area (Å²) in [6.45, 7) is 0. The van der Waals surface area contributed by atoms with Gasteiger partial charge in [-0.2, -0.15) is 0 Å². The Morgan fingerprint density at radius 3 is 1.38 bits per heavy atom. The van der Waals surface area contributed by atoms with E-state index in [9.17, 15) is 0 Å². The molecule has 0 heterocycles. The average molecular weight is 812 g/mol.